The van der Waals surface area contributed by atoms with Gasteiger partial charge in [-0.15, -0.1) is 0 Å². The van der Waals surface area contributed by atoms with Crippen LogP contribution in [0.15, 0.2) is 91.9 Å². The molecule has 2 saturated carbocycles. The summed E-state index contributed by atoms with van der Waals surface area (Å²) in [6.45, 7) is -0.796. The molecule has 10 heterocycles. The first kappa shape index (κ1) is 44.0. The number of alkyl halides is 6. The summed E-state index contributed by atoms with van der Waals surface area (Å²) in [4.78, 5) is 68.4. The molecule has 2 bridgehead atoms. The van der Waals surface area contributed by atoms with Crippen molar-refractivity contribution in [3.8, 4) is 28.5 Å². The predicted molar refractivity (Wildman–Crippen MR) is 239 cm³/mol. The molecule has 4 saturated heterocycles. The highest BCUT2D eigenvalue weighted by molar-refractivity contribution is 6.09. The number of hydrogen-bond acceptors (Lipinski definition) is 14. The van der Waals surface area contributed by atoms with Crippen LogP contribution in [-0.4, -0.2) is 114 Å². The third kappa shape index (κ3) is 8.56. The van der Waals surface area contributed by atoms with E-state index in [0.29, 0.717) is 53.5 Å². The number of rotatable bonds is 12. The van der Waals surface area contributed by atoms with E-state index in [1.165, 1.54) is 40.8 Å². The fourth-order valence-electron chi connectivity index (χ4n) is 9.72. The lowest BCUT2D eigenvalue weighted by Crippen LogP contribution is -2.43. The van der Waals surface area contributed by atoms with Crippen LogP contribution in [0.25, 0.3) is 22.5 Å². The van der Waals surface area contributed by atoms with Gasteiger partial charge in [-0.25, -0.2) is 56.2 Å². The number of halogens is 6. The zero-order valence-corrected chi connectivity index (χ0v) is 36.5. The van der Waals surface area contributed by atoms with Gasteiger partial charge in [0.25, 0.3) is 29.6 Å². The monoisotopic (exact) mass is 949 g/mol. The molecule has 69 heavy (non-hydrogen) atoms. The van der Waals surface area contributed by atoms with Gasteiger partial charge in [0.1, 0.15) is 6.10 Å². The summed E-state index contributed by atoms with van der Waals surface area (Å²) in [5, 5.41) is 5.76. The molecule has 2 N–H and O–H groups in total. The zero-order valence-electron chi connectivity index (χ0n) is 36.5. The van der Waals surface area contributed by atoms with Gasteiger partial charge in [0.15, 0.2) is 11.6 Å². The molecule has 0 unspecified atom stereocenters. The summed E-state index contributed by atoms with van der Waals surface area (Å²) in [5.74, 6) is -9.33. The molecule has 0 radical (unpaired) electrons. The minimum Gasteiger partial charge on any atom is -0.460 e. The smallest absolute Gasteiger partial charge is 0.316 e. The summed E-state index contributed by atoms with van der Waals surface area (Å²) in [6.07, 6.45) is 8.62. The van der Waals surface area contributed by atoms with Crippen LogP contribution in [0, 0.1) is 0 Å². The molecule has 6 aromatic rings. The van der Waals surface area contributed by atoms with Gasteiger partial charge in [-0.05, 0) is 49.2 Å². The van der Waals surface area contributed by atoms with Gasteiger partial charge in [-0.1, -0.05) is 12.1 Å². The second-order valence-electron chi connectivity index (χ2n) is 18.2. The summed E-state index contributed by atoms with van der Waals surface area (Å²) in [6, 6.07) is 13.8. The van der Waals surface area contributed by atoms with Crippen molar-refractivity contribution in [2.24, 2.45) is 0 Å². The number of aromatic nitrogens is 8. The second kappa shape index (κ2) is 16.6. The van der Waals surface area contributed by atoms with Crippen LogP contribution in [0.3, 0.4) is 0 Å². The molecular weight excluding hydrogens is 909 g/mol. The third-order valence-electron chi connectivity index (χ3n) is 13.3. The Morgan fingerprint density at radius 2 is 1.17 bits per heavy atom. The summed E-state index contributed by atoms with van der Waals surface area (Å²) >= 11 is 0. The Hall–Kier alpha value is -7.52. The van der Waals surface area contributed by atoms with Gasteiger partial charge in [0.2, 0.25) is 5.95 Å². The van der Waals surface area contributed by atoms with Crippen molar-refractivity contribution in [3.05, 3.63) is 109 Å². The van der Waals surface area contributed by atoms with Crippen molar-refractivity contribution in [1.29, 1.82) is 0 Å². The minimum atomic E-state index is -3.02. The van der Waals surface area contributed by atoms with Crippen LogP contribution >= 0.6 is 0 Å². The molecular formula is C47H41F6N13O3. The fourth-order valence-corrected chi connectivity index (χ4v) is 9.72. The van der Waals surface area contributed by atoms with Crippen molar-refractivity contribution in [2.45, 2.75) is 73.9 Å². The van der Waals surface area contributed by atoms with Crippen molar-refractivity contribution < 1.29 is 40.7 Å². The number of fused-ring (bicyclic) bond motifs is 1. The highest BCUT2D eigenvalue weighted by atomic mass is 19.3. The van der Waals surface area contributed by atoms with Crippen molar-refractivity contribution in [2.75, 3.05) is 58.1 Å². The maximum atomic E-state index is 15.0. The average Bonchev–Trinajstić information content (AvgIpc) is 4.10. The Balaban J connectivity index is 0.862. The number of ether oxygens (including phenoxy) is 1. The molecule has 12 rings (SSSR count). The van der Waals surface area contributed by atoms with E-state index in [2.05, 4.69) is 45.5 Å². The Morgan fingerprint density at radius 1 is 0.609 bits per heavy atom. The number of carbonyl (C=O) groups is 2. The minimum absolute atomic E-state index is 0.00381. The van der Waals surface area contributed by atoms with Crippen LogP contribution in [0.5, 0.6) is 6.01 Å². The van der Waals surface area contributed by atoms with E-state index < -0.39 is 73.5 Å². The van der Waals surface area contributed by atoms with E-state index in [1.54, 1.807) is 54.9 Å². The van der Waals surface area contributed by atoms with E-state index >= 15 is 0 Å². The molecule has 0 atom stereocenters. The van der Waals surface area contributed by atoms with Gasteiger partial charge in [0.05, 0.1) is 52.7 Å². The molecule has 6 fully saturated rings. The first-order valence-corrected chi connectivity index (χ1v) is 22.3. The molecule has 6 aliphatic rings. The normalized spacial score (nSPS) is 21.9. The Morgan fingerprint density at radius 3 is 1.72 bits per heavy atom. The van der Waals surface area contributed by atoms with Crippen LogP contribution in [0.2, 0.25) is 0 Å². The maximum absolute atomic E-state index is 15.0. The van der Waals surface area contributed by atoms with E-state index in [0.717, 1.165) is 0 Å². The standard InChI is InChI=1S/C47H41F6N13O3/c48-45(49)8-13-64(25-45)38-36(31(7-12-56-38)33-5-1-3-10-54-33)62-40(67)27-20-57-42(58-21-27)66-24-44(16-29(66)17-44)35-15-32(34-6-2-4-11-55-34)37(39(61-35)65-14-9-46(50,51)26-65)63-41(68)28-22-59-43(60-23-28)69-30-18-47(52,53)19-30/h1-7,10-12,15,20-23,29-30H,8-9,13-14,16-19,24-26H2,(H,62,67)(H,63,68). The molecule has 22 heteroatoms. The fraction of sp³-hybridized carbons (Fsp3) is 0.362. The lowest BCUT2D eigenvalue weighted by molar-refractivity contribution is -0.136. The molecule has 2 amide bonds. The quantitative estimate of drug-likeness (QED) is 0.115. The van der Waals surface area contributed by atoms with Gasteiger partial charge >= 0.3 is 6.01 Å². The molecule has 6 aromatic heterocycles. The molecule has 354 valence electrons. The molecule has 4 aliphatic heterocycles. The van der Waals surface area contributed by atoms with Crippen molar-refractivity contribution >= 4 is 40.8 Å². The third-order valence-corrected chi connectivity index (χ3v) is 13.3. The average molecular weight is 950 g/mol. The second-order valence-corrected chi connectivity index (χ2v) is 18.2. The Kier molecular flexibility index (Phi) is 10.6. The highest BCUT2D eigenvalue weighted by Gasteiger charge is 2.58. The number of anilines is 5. The van der Waals surface area contributed by atoms with E-state index in [4.69, 9.17) is 9.72 Å². The lowest BCUT2D eigenvalue weighted by Gasteiger charge is -2.37. The van der Waals surface area contributed by atoms with E-state index in [-0.39, 0.29) is 65.7 Å². The van der Waals surface area contributed by atoms with Crippen LogP contribution in [0.4, 0.5) is 55.3 Å². The Labute approximate surface area is 389 Å². The van der Waals surface area contributed by atoms with E-state index in [9.17, 15) is 35.9 Å². The Bertz CT molecular complexity index is 2920. The molecule has 2 aliphatic carbocycles. The van der Waals surface area contributed by atoms with Crippen molar-refractivity contribution in [3.63, 3.8) is 0 Å². The molecule has 16 nitrogen and oxygen atoms in total. The molecule has 0 spiro atoms. The summed E-state index contributed by atoms with van der Waals surface area (Å²) < 4.78 is 90.8. The topological polar surface area (TPSA) is 180 Å². The zero-order chi connectivity index (χ0) is 47.7. The van der Waals surface area contributed by atoms with Crippen LogP contribution < -0.4 is 30.1 Å². The van der Waals surface area contributed by atoms with Gasteiger partial charge in [-0.2, -0.15) is 0 Å². The number of pyridine rings is 4. The van der Waals surface area contributed by atoms with Gasteiger partial charge < -0.3 is 30.1 Å². The number of nitrogens with one attached hydrogen (secondary N) is 2. The summed E-state index contributed by atoms with van der Waals surface area (Å²) in [7, 11) is 0. The van der Waals surface area contributed by atoms with Crippen molar-refractivity contribution in [1.82, 2.24) is 39.9 Å². The van der Waals surface area contributed by atoms with Gasteiger partial charge in [0, 0.05) is 111 Å². The SMILES string of the molecule is O=C(Nc1c(-c2ccccn2)ccnc1N1CCC(F)(F)C1)c1cnc(N2CC3(c4cc(-c5ccccn5)c(NC(=O)c5cnc(OC6CC(F)(F)C6)nc5)c(N5CCC(F)(F)C5)n4)CC2C3)nc1. The largest absolute Gasteiger partial charge is 0.460 e. The lowest BCUT2D eigenvalue weighted by atomic mass is 9.67. The number of hydrogen-bond donors (Lipinski definition) is 2. The van der Waals surface area contributed by atoms with Gasteiger partial charge in [-0.3, -0.25) is 19.6 Å². The van der Waals surface area contributed by atoms with E-state index in [1.807, 2.05) is 11.0 Å². The first-order chi connectivity index (χ1) is 33.1. The number of nitrogens with zero attached hydrogens (tertiary/aromatic N) is 11. The maximum Gasteiger partial charge on any atom is 0.316 e. The highest BCUT2D eigenvalue weighted by Crippen LogP contribution is 2.55. The molecule has 0 aromatic carbocycles. The first-order valence-electron chi connectivity index (χ1n) is 22.3. The summed E-state index contributed by atoms with van der Waals surface area (Å²) in [5.41, 5.74) is 2.39. The van der Waals surface area contributed by atoms with Crippen LogP contribution in [-0.2, 0) is 5.41 Å². The van der Waals surface area contributed by atoms with Crippen LogP contribution in [0.1, 0.15) is 64.9 Å². The number of amides is 2. The predicted octanol–water partition coefficient (Wildman–Crippen LogP) is 7.47. The number of carbonyl (C=O) groups excluding carboxylic acids is 2.